The first-order valence-electron chi connectivity index (χ1n) is 5.98. The van der Waals surface area contributed by atoms with E-state index in [2.05, 4.69) is 0 Å². The van der Waals surface area contributed by atoms with Gasteiger partial charge in [0.1, 0.15) is 0 Å². The van der Waals surface area contributed by atoms with Crippen LogP contribution in [0.2, 0.25) is 4.34 Å². The second kappa shape index (κ2) is 6.02. The number of rotatable bonds is 4. The standard InChI is InChI=1S/C12H17ClN2O2S/c1-2-15(5-8-3-4-11(13)18-8)12(16)9-6-17-7-10(9)14/h3-4,9-10H,2,5-7,14H2,1H3. The van der Waals surface area contributed by atoms with Gasteiger partial charge in [0.2, 0.25) is 5.91 Å². The molecule has 0 aliphatic carbocycles. The highest BCUT2D eigenvalue weighted by Crippen LogP contribution is 2.24. The summed E-state index contributed by atoms with van der Waals surface area (Å²) in [5, 5.41) is 0. The fourth-order valence-corrected chi connectivity index (χ4v) is 3.13. The summed E-state index contributed by atoms with van der Waals surface area (Å²) in [7, 11) is 0. The van der Waals surface area contributed by atoms with Gasteiger partial charge in [-0.25, -0.2) is 0 Å². The van der Waals surface area contributed by atoms with E-state index >= 15 is 0 Å². The third-order valence-electron chi connectivity index (χ3n) is 3.11. The first-order valence-corrected chi connectivity index (χ1v) is 7.17. The number of nitrogens with two attached hydrogens (primary N) is 1. The smallest absolute Gasteiger partial charge is 0.229 e. The number of hydrogen-bond donors (Lipinski definition) is 1. The molecule has 6 heteroatoms. The van der Waals surface area contributed by atoms with E-state index < -0.39 is 0 Å². The van der Waals surface area contributed by atoms with Crippen LogP contribution in [0, 0.1) is 5.92 Å². The third kappa shape index (κ3) is 3.03. The van der Waals surface area contributed by atoms with Crippen LogP contribution in [-0.2, 0) is 16.1 Å². The lowest BCUT2D eigenvalue weighted by Gasteiger charge is -2.24. The second-order valence-electron chi connectivity index (χ2n) is 4.37. The summed E-state index contributed by atoms with van der Waals surface area (Å²) < 4.78 is 5.99. The molecule has 1 saturated heterocycles. The topological polar surface area (TPSA) is 55.6 Å². The van der Waals surface area contributed by atoms with Crippen molar-refractivity contribution in [3.8, 4) is 0 Å². The van der Waals surface area contributed by atoms with Crippen LogP contribution in [0.5, 0.6) is 0 Å². The van der Waals surface area contributed by atoms with Crippen molar-refractivity contribution in [1.82, 2.24) is 4.90 Å². The first-order chi connectivity index (χ1) is 8.61. The number of amides is 1. The molecule has 0 aromatic carbocycles. The van der Waals surface area contributed by atoms with E-state index in [1.807, 2.05) is 19.1 Å². The average molecular weight is 289 g/mol. The Morgan fingerprint density at radius 1 is 1.61 bits per heavy atom. The van der Waals surface area contributed by atoms with Crippen molar-refractivity contribution in [2.75, 3.05) is 19.8 Å². The van der Waals surface area contributed by atoms with Crippen LogP contribution >= 0.6 is 22.9 Å². The van der Waals surface area contributed by atoms with Gasteiger partial charge in [-0.15, -0.1) is 11.3 Å². The van der Waals surface area contributed by atoms with E-state index in [4.69, 9.17) is 22.1 Å². The van der Waals surface area contributed by atoms with Crippen molar-refractivity contribution in [1.29, 1.82) is 0 Å². The highest BCUT2D eigenvalue weighted by atomic mass is 35.5. The van der Waals surface area contributed by atoms with Crippen LogP contribution in [-0.4, -0.2) is 36.6 Å². The van der Waals surface area contributed by atoms with Crippen molar-refractivity contribution in [2.24, 2.45) is 11.7 Å². The van der Waals surface area contributed by atoms with Gasteiger partial charge >= 0.3 is 0 Å². The van der Waals surface area contributed by atoms with Crippen molar-refractivity contribution in [3.63, 3.8) is 0 Å². The lowest BCUT2D eigenvalue weighted by molar-refractivity contribution is -0.136. The van der Waals surface area contributed by atoms with Crippen molar-refractivity contribution in [3.05, 3.63) is 21.3 Å². The number of ether oxygens (including phenoxy) is 1. The highest BCUT2D eigenvalue weighted by molar-refractivity contribution is 7.16. The SMILES string of the molecule is CCN(Cc1ccc(Cl)s1)C(=O)C1COCC1N. The fourth-order valence-electron chi connectivity index (χ4n) is 2.03. The van der Waals surface area contributed by atoms with E-state index in [9.17, 15) is 4.79 Å². The maximum atomic E-state index is 12.3. The summed E-state index contributed by atoms with van der Waals surface area (Å²) >= 11 is 7.39. The van der Waals surface area contributed by atoms with Crippen LogP contribution in [0.15, 0.2) is 12.1 Å². The number of carbonyl (C=O) groups is 1. The molecule has 1 aliphatic rings. The molecule has 0 radical (unpaired) electrons. The summed E-state index contributed by atoms with van der Waals surface area (Å²) in [5.41, 5.74) is 5.88. The maximum Gasteiger partial charge on any atom is 0.229 e. The van der Waals surface area contributed by atoms with Gasteiger partial charge in [-0.2, -0.15) is 0 Å². The van der Waals surface area contributed by atoms with Crippen molar-refractivity contribution < 1.29 is 9.53 Å². The monoisotopic (exact) mass is 288 g/mol. The molecule has 2 rings (SSSR count). The number of hydrogen-bond acceptors (Lipinski definition) is 4. The largest absolute Gasteiger partial charge is 0.379 e. The molecule has 18 heavy (non-hydrogen) atoms. The van der Waals surface area contributed by atoms with Crippen LogP contribution < -0.4 is 5.73 Å². The van der Waals surface area contributed by atoms with Gasteiger partial charge in [-0.1, -0.05) is 11.6 Å². The molecule has 0 saturated carbocycles. The molecule has 0 bridgehead atoms. The maximum absolute atomic E-state index is 12.3. The third-order valence-corrected chi connectivity index (χ3v) is 4.33. The van der Waals surface area contributed by atoms with Gasteiger partial charge < -0.3 is 15.4 Å². The minimum Gasteiger partial charge on any atom is -0.379 e. The zero-order valence-corrected chi connectivity index (χ0v) is 11.8. The summed E-state index contributed by atoms with van der Waals surface area (Å²) in [5.74, 6) is -0.132. The van der Waals surface area contributed by atoms with Crippen LogP contribution in [0.3, 0.4) is 0 Å². The number of carbonyl (C=O) groups excluding carboxylic acids is 1. The fraction of sp³-hybridized carbons (Fsp3) is 0.583. The lowest BCUT2D eigenvalue weighted by Crippen LogP contribution is -2.43. The number of nitrogens with zero attached hydrogens (tertiary/aromatic N) is 1. The van der Waals surface area contributed by atoms with E-state index in [0.29, 0.717) is 26.3 Å². The predicted octanol–water partition coefficient (Wildman–Crippen LogP) is 1.72. The highest BCUT2D eigenvalue weighted by Gasteiger charge is 2.33. The zero-order valence-electron chi connectivity index (χ0n) is 10.3. The van der Waals surface area contributed by atoms with Crippen molar-refractivity contribution in [2.45, 2.75) is 19.5 Å². The quantitative estimate of drug-likeness (QED) is 0.918. The molecule has 0 spiro atoms. The number of thiophene rings is 1. The summed E-state index contributed by atoms with van der Waals surface area (Å²) in [6.07, 6.45) is 0. The number of halogens is 1. The summed E-state index contributed by atoms with van der Waals surface area (Å²) in [6.45, 7) is 4.13. The van der Waals surface area contributed by atoms with Gasteiger partial charge in [0.25, 0.3) is 0 Å². The molecule has 1 aromatic heterocycles. The molecular weight excluding hydrogens is 272 g/mol. The van der Waals surface area contributed by atoms with Crippen molar-refractivity contribution >= 4 is 28.8 Å². The summed E-state index contributed by atoms with van der Waals surface area (Å²) in [6, 6.07) is 3.62. The second-order valence-corrected chi connectivity index (χ2v) is 6.17. The minimum absolute atomic E-state index is 0.0759. The van der Waals surface area contributed by atoms with Gasteiger partial charge in [0.05, 0.1) is 30.0 Å². The molecule has 1 amide bonds. The average Bonchev–Trinajstić information content (AvgIpc) is 2.94. The molecular formula is C12H17ClN2O2S. The van der Waals surface area contributed by atoms with Gasteiger partial charge in [0, 0.05) is 17.5 Å². The van der Waals surface area contributed by atoms with E-state index in [0.717, 1.165) is 9.21 Å². The Kier molecular flexibility index (Phi) is 4.61. The predicted molar refractivity (Wildman–Crippen MR) is 72.7 cm³/mol. The molecule has 100 valence electrons. The van der Waals surface area contributed by atoms with Crippen LogP contribution in [0.4, 0.5) is 0 Å². The van der Waals surface area contributed by atoms with E-state index in [1.165, 1.54) is 11.3 Å². The Bertz CT molecular complexity index is 424. The molecule has 4 nitrogen and oxygen atoms in total. The molecule has 2 N–H and O–H groups in total. The Balaban J connectivity index is 2.01. The molecule has 1 fully saturated rings. The van der Waals surface area contributed by atoms with Gasteiger partial charge in [0.15, 0.2) is 0 Å². The lowest BCUT2D eigenvalue weighted by atomic mass is 10.0. The van der Waals surface area contributed by atoms with Crippen LogP contribution in [0.25, 0.3) is 0 Å². The summed E-state index contributed by atoms with van der Waals surface area (Å²) in [4.78, 5) is 15.2. The normalized spacial score (nSPS) is 23.3. The molecule has 2 unspecified atom stereocenters. The molecule has 2 heterocycles. The van der Waals surface area contributed by atoms with E-state index in [-0.39, 0.29) is 17.9 Å². The molecule has 2 atom stereocenters. The Morgan fingerprint density at radius 3 is 2.89 bits per heavy atom. The molecule has 1 aromatic rings. The first kappa shape index (κ1) is 13.8. The van der Waals surface area contributed by atoms with E-state index in [1.54, 1.807) is 4.90 Å². The zero-order chi connectivity index (χ0) is 13.1. The minimum atomic E-state index is -0.208. The van der Waals surface area contributed by atoms with Crippen LogP contribution in [0.1, 0.15) is 11.8 Å². The Hall–Kier alpha value is -0.620. The van der Waals surface area contributed by atoms with Gasteiger partial charge in [-0.05, 0) is 19.1 Å². The van der Waals surface area contributed by atoms with Gasteiger partial charge in [-0.3, -0.25) is 4.79 Å². The molecule has 1 aliphatic heterocycles. The Labute approximate surface area is 116 Å². The Morgan fingerprint density at radius 2 is 2.39 bits per heavy atom.